The van der Waals surface area contributed by atoms with Gasteiger partial charge in [-0.1, -0.05) is 0 Å². The molecule has 5 N–H and O–H groups in total. The van der Waals surface area contributed by atoms with Crippen molar-refractivity contribution >= 4 is 5.91 Å². The number of carbonyl (C=O) groups excluding carboxylic acids is 1. The first-order chi connectivity index (χ1) is 8.54. The Bertz CT molecular complexity index is 453. The summed E-state index contributed by atoms with van der Waals surface area (Å²) < 4.78 is 6.75. The molecule has 0 aliphatic carbocycles. The molecule has 0 aromatic carbocycles. The van der Waals surface area contributed by atoms with Crippen molar-refractivity contribution in [2.45, 2.75) is 24.5 Å². The lowest BCUT2D eigenvalue weighted by Gasteiger charge is -2.09. The molecule has 98 valence electrons. The zero-order valence-electron chi connectivity index (χ0n) is 9.51. The van der Waals surface area contributed by atoms with Gasteiger partial charge in [-0.15, -0.1) is 0 Å². The van der Waals surface area contributed by atoms with Gasteiger partial charge in [0.15, 0.2) is 18.5 Å². The number of amides is 1. The maximum atomic E-state index is 11.1. The van der Waals surface area contributed by atoms with Gasteiger partial charge in [-0.2, -0.15) is 4.57 Å². The fourth-order valence-electron chi connectivity index (χ4n) is 1.92. The third kappa shape index (κ3) is 2.21. The van der Waals surface area contributed by atoms with E-state index in [1.54, 1.807) is 12.3 Å². The molecule has 4 atom stereocenters. The van der Waals surface area contributed by atoms with E-state index in [-0.39, 0.29) is 5.56 Å². The smallest absolute Gasteiger partial charge is 0.292 e. The highest BCUT2D eigenvalue weighted by Gasteiger charge is 2.47. The number of carbonyl (C=O) groups is 1. The Morgan fingerprint density at radius 1 is 1.44 bits per heavy atom. The van der Waals surface area contributed by atoms with Crippen LogP contribution in [0, 0.1) is 0 Å². The minimum absolute atomic E-state index is 0.259. The van der Waals surface area contributed by atoms with E-state index >= 15 is 0 Å². The molecule has 2 heterocycles. The SMILES string of the molecule is [15NH2]C(=O)c1ccc[n+](C2O[C@H](CO)[C@@H](O)[13C@H]2O)c1. The van der Waals surface area contributed by atoms with Crippen LogP contribution in [0.5, 0.6) is 0 Å². The molecular weight excluding hydrogens is 242 g/mol. The molecule has 1 aliphatic heterocycles. The van der Waals surface area contributed by atoms with Crippen molar-refractivity contribution in [3.8, 4) is 0 Å². The van der Waals surface area contributed by atoms with Gasteiger partial charge >= 0.3 is 0 Å². The molecule has 0 bridgehead atoms. The van der Waals surface area contributed by atoms with Gasteiger partial charge in [0, 0.05) is 6.07 Å². The third-order valence-electron chi connectivity index (χ3n) is 2.92. The van der Waals surface area contributed by atoms with Gasteiger partial charge in [-0.05, 0) is 6.07 Å². The number of nitrogens with zero attached hydrogens (tertiary/aromatic N) is 1. The van der Waals surface area contributed by atoms with E-state index in [0.717, 1.165) is 0 Å². The monoisotopic (exact) mass is 257 g/mol. The van der Waals surface area contributed by atoms with Crippen LogP contribution in [0.25, 0.3) is 0 Å². The molecule has 7 heteroatoms. The number of rotatable bonds is 3. The van der Waals surface area contributed by atoms with Crippen molar-refractivity contribution < 1.29 is 29.4 Å². The quantitative estimate of drug-likeness (QED) is 0.275. The van der Waals surface area contributed by atoms with E-state index in [1.165, 1.54) is 16.8 Å². The Hall–Kier alpha value is -1.54. The van der Waals surface area contributed by atoms with E-state index < -0.39 is 37.1 Å². The van der Waals surface area contributed by atoms with Crippen molar-refractivity contribution in [3.05, 3.63) is 30.1 Å². The normalized spacial score (nSPS) is 31.5. The molecular formula is C11H15N2O5+. The van der Waals surface area contributed by atoms with Gasteiger partial charge in [0.25, 0.3) is 12.1 Å². The van der Waals surface area contributed by atoms with Crippen LogP contribution in [0.2, 0.25) is 0 Å². The minimum Gasteiger partial charge on any atom is -0.394 e. The average Bonchev–Trinajstić information content (AvgIpc) is 2.66. The number of nitrogens with two attached hydrogens (primary N) is 1. The molecule has 1 saturated heterocycles. The lowest BCUT2D eigenvalue weighted by molar-refractivity contribution is -0.765. The summed E-state index contributed by atoms with van der Waals surface area (Å²) in [6, 6.07) is 3.11. The predicted molar refractivity (Wildman–Crippen MR) is 58.2 cm³/mol. The van der Waals surface area contributed by atoms with E-state index in [1.807, 2.05) is 0 Å². The molecule has 0 radical (unpaired) electrons. The van der Waals surface area contributed by atoms with Crippen molar-refractivity contribution in [2.24, 2.45) is 5.73 Å². The first-order valence-corrected chi connectivity index (χ1v) is 5.47. The zero-order valence-corrected chi connectivity index (χ0v) is 9.51. The van der Waals surface area contributed by atoms with Crippen LogP contribution in [0.3, 0.4) is 0 Å². The number of ether oxygens (including phenoxy) is 1. The predicted octanol–water partition coefficient (Wildman–Crippen LogP) is -2.32. The number of aromatic nitrogens is 1. The Morgan fingerprint density at radius 2 is 2.17 bits per heavy atom. The van der Waals surface area contributed by atoms with Gasteiger partial charge in [0.1, 0.15) is 17.8 Å². The molecule has 0 saturated carbocycles. The number of primary amides is 1. The van der Waals surface area contributed by atoms with Crippen LogP contribution in [-0.4, -0.2) is 46.1 Å². The molecule has 2 rings (SSSR count). The van der Waals surface area contributed by atoms with Crippen LogP contribution >= 0.6 is 0 Å². The van der Waals surface area contributed by atoms with Gasteiger partial charge in [0.2, 0.25) is 0 Å². The summed E-state index contributed by atoms with van der Waals surface area (Å²) in [7, 11) is 0. The second kappa shape index (κ2) is 4.99. The van der Waals surface area contributed by atoms with Crippen molar-refractivity contribution in [2.75, 3.05) is 6.61 Å². The largest absolute Gasteiger partial charge is 0.394 e. The van der Waals surface area contributed by atoms with Crippen molar-refractivity contribution in [3.63, 3.8) is 0 Å². The maximum Gasteiger partial charge on any atom is 0.292 e. The summed E-state index contributed by atoms with van der Waals surface area (Å²) in [5, 5.41) is 28.4. The van der Waals surface area contributed by atoms with E-state index in [2.05, 4.69) is 0 Å². The van der Waals surface area contributed by atoms with Crippen LogP contribution < -0.4 is 10.3 Å². The van der Waals surface area contributed by atoms with Crippen LogP contribution in [0.4, 0.5) is 0 Å². The van der Waals surface area contributed by atoms with Crippen LogP contribution in [-0.2, 0) is 4.74 Å². The number of aliphatic hydroxyl groups is 3. The van der Waals surface area contributed by atoms with E-state index in [0.29, 0.717) is 0 Å². The molecule has 1 aliphatic rings. The average molecular weight is 257 g/mol. The lowest BCUT2D eigenvalue weighted by Crippen LogP contribution is -2.46. The Morgan fingerprint density at radius 3 is 2.72 bits per heavy atom. The van der Waals surface area contributed by atoms with Gasteiger partial charge in [-0.25, -0.2) is 0 Å². The summed E-state index contributed by atoms with van der Waals surface area (Å²) in [4.78, 5) is 11.1. The summed E-state index contributed by atoms with van der Waals surface area (Å²) in [6.07, 6.45) is -1.08. The van der Waals surface area contributed by atoms with E-state index in [4.69, 9.17) is 15.6 Å². The fourth-order valence-corrected chi connectivity index (χ4v) is 1.92. The Labute approximate surface area is 103 Å². The number of pyridine rings is 1. The molecule has 1 amide bonds. The van der Waals surface area contributed by atoms with Crippen LogP contribution in [0.1, 0.15) is 16.6 Å². The number of hydrogen-bond donors (Lipinski definition) is 4. The molecule has 1 unspecified atom stereocenters. The molecule has 1 fully saturated rings. The zero-order chi connectivity index (χ0) is 13.3. The van der Waals surface area contributed by atoms with Gasteiger partial charge in [0.05, 0.1) is 6.61 Å². The molecule has 18 heavy (non-hydrogen) atoms. The highest BCUT2D eigenvalue weighted by molar-refractivity contribution is 5.92. The maximum absolute atomic E-state index is 11.1. The topological polar surface area (TPSA) is 117 Å². The first kappa shape index (κ1) is 12.9. The molecule has 0 spiro atoms. The summed E-state index contributed by atoms with van der Waals surface area (Å²) >= 11 is 0. The second-order valence-corrected chi connectivity index (χ2v) is 4.13. The molecule has 1 aromatic heterocycles. The van der Waals surface area contributed by atoms with Gasteiger partial charge < -0.3 is 25.8 Å². The minimum atomic E-state index is -1.18. The van der Waals surface area contributed by atoms with Crippen LogP contribution in [0.15, 0.2) is 24.5 Å². The molecule has 7 nitrogen and oxygen atoms in total. The summed E-state index contributed by atoms with van der Waals surface area (Å²) in [5.41, 5.74) is 5.41. The lowest BCUT2D eigenvalue weighted by atomic mass is 10.3. The second-order valence-electron chi connectivity index (χ2n) is 4.13. The van der Waals surface area contributed by atoms with Gasteiger partial charge in [-0.3, -0.25) is 4.79 Å². The van der Waals surface area contributed by atoms with Crippen molar-refractivity contribution in [1.29, 1.82) is 0 Å². The first-order valence-electron chi connectivity index (χ1n) is 5.47. The fraction of sp³-hybridized carbons (Fsp3) is 0.455. The summed E-state index contributed by atoms with van der Waals surface area (Å²) in [6.45, 7) is -0.398. The molecule has 1 aromatic rings. The third-order valence-corrected chi connectivity index (χ3v) is 2.92. The Kier molecular flexibility index (Phi) is 3.58. The summed E-state index contributed by atoms with van der Waals surface area (Å²) in [5.74, 6) is -0.601. The Balaban J connectivity index is 2.27. The van der Waals surface area contributed by atoms with E-state index in [9.17, 15) is 15.0 Å². The van der Waals surface area contributed by atoms with Crippen molar-refractivity contribution in [1.82, 2.24) is 0 Å². The highest BCUT2D eigenvalue weighted by Crippen LogP contribution is 2.24. The number of hydrogen-bond acceptors (Lipinski definition) is 5. The highest BCUT2D eigenvalue weighted by atomic mass is 16.6. The number of aliphatic hydroxyl groups excluding tert-OH is 3. The standard InChI is InChI=1S/C11H14N2O5/c12-10(17)6-2-1-3-13(4-6)11-9(16)8(15)7(5-14)18-11/h1-4,7-9,11,14-16H,5H2,(H-,12,17)/p+1/t7-,8-,9-,11?/m1/s1/i9+1,12+1.